The van der Waals surface area contributed by atoms with Gasteiger partial charge in [0, 0.05) is 44.8 Å². The van der Waals surface area contributed by atoms with Crippen LogP contribution >= 0.6 is 0 Å². The van der Waals surface area contributed by atoms with E-state index in [1.807, 2.05) is 18.8 Å². The van der Waals surface area contributed by atoms with Crippen LogP contribution in [-0.2, 0) is 13.6 Å². The minimum absolute atomic E-state index is 0.536. The van der Waals surface area contributed by atoms with E-state index >= 15 is 0 Å². The number of likely N-dealkylation sites (N-methyl/N-ethyl adjacent to an activating group) is 1. The van der Waals surface area contributed by atoms with E-state index in [0.29, 0.717) is 6.04 Å². The smallest absolute Gasteiger partial charge is 0.131 e. The summed E-state index contributed by atoms with van der Waals surface area (Å²) in [6, 6.07) is 0.536. The lowest BCUT2D eigenvalue weighted by atomic mass is 10.1. The minimum Gasteiger partial charge on any atom is -0.351 e. The van der Waals surface area contributed by atoms with Crippen molar-refractivity contribution in [3.63, 3.8) is 0 Å². The van der Waals surface area contributed by atoms with Crippen molar-refractivity contribution in [1.29, 1.82) is 0 Å². The molecule has 1 unspecified atom stereocenters. The maximum Gasteiger partial charge on any atom is 0.131 e. The predicted octanol–water partition coefficient (Wildman–Crippen LogP) is 0.588. The third kappa shape index (κ3) is 2.37. The Kier molecular flexibility index (Phi) is 3.92. The van der Waals surface area contributed by atoms with Crippen LogP contribution in [0.15, 0.2) is 0 Å². The summed E-state index contributed by atoms with van der Waals surface area (Å²) in [5.74, 6) is 1.28. The second-order valence-electron chi connectivity index (χ2n) is 5.35. The molecular formula is C13H25N5. The Morgan fingerprint density at radius 2 is 2.06 bits per heavy atom. The Morgan fingerprint density at radius 1 is 1.33 bits per heavy atom. The summed E-state index contributed by atoms with van der Waals surface area (Å²) in [6.07, 6.45) is 0. The van der Waals surface area contributed by atoms with Crippen LogP contribution in [0.1, 0.15) is 18.2 Å². The van der Waals surface area contributed by atoms with Crippen LogP contribution in [0.3, 0.4) is 0 Å². The fourth-order valence-electron chi connectivity index (χ4n) is 2.89. The highest BCUT2D eigenvalue weighted by molar-refractivity contribution is 5.51. The van der Waals surface area contributed by atoms with Gasteiger partial charge in [0.05, 0.1) is 5.69 Å². The Morgan fingerprint density at radius 3 is 2.67 bits per heavy atom. The number of hydrogen-bond donors (Lipinski definition) is 1. The van der Waals surface area contributed by atoms with Gasteiger partial charge in [-0.25, -0.2) is 0 Å². The van der Waals surface area contributed by atoms with Gasteiger partial charge in [-0.05, 0) is 27.9 Å². The van der Waals surface area contributed by atoms with Crippen molar-refractivity contribution in [2.24, 2.45) is 7.05 Å². The maximum atomic E-state index is 4.58. The molecule has 102 valence electrons. The number of hydrogen-bond acceptors (Lipinski definition) is 4. The fourth-order valence-corrected chi connectivity index (χ4v) is 2.89. The highest BCUT2D eigenvalue weighted by Crippen LogP contribution is 2.26. The highest BCUT2D eigenvalue weighted by Gasteiger charge is 2.26. The number of aromatic nitrogens is 2. The van der Waals surface area contributed by atoms with E-state index in [1.54, 1.807) is 0 Å². The first-order chi connectivity index (χ1) is 8.54. The largest absolute Gasteiger partial charge is 0.351 e. The molecule has 1 aromatic heterocycles. The average Bonchev–Trinajstić information content (AvgIpc) is 2.56. The van der Waals surface area contributed by atoms with Crippen LogP contribution in [0.2, 0.25) is 0 Å². The van der Waals surface area contributed by atoms with Crippen LogP contribution < -0.4 is 10.2 Å². The molecule has 1 atom stereocenters. The van der Waals surface area contributed by atoms with Gasteiger partial charge in [0.25, 0.3) is 0 Å². The molecule has 0 aromatic carbocycles. The molecule has 5 nitrogen and oxygen atoms in total. The number of anilines is 1. The van der Waals surface area contributed by atoms with Crippen molar-refractivity contribution < 1.29 is 0 Å². The Balaban J connectivity index is 2.32. The van der Waals surface area contributed by atoms with Gasteiger partial charge in [-0.2, -0.15) is 5.10 Å². The van der Waals surface area contributed by atoms with Crippen molar-refractivity contribution in [1.82, 2.24) is 20.0 Å². The van der Waals surface area contributed by atoms with E-state index < -0.39 is 0 Å². The lowest BCUT2D eigenvalue weighted by Gasteiger charge is -2.40. The molecule has 0 amide bonds. The third-order valence-corrected chi connectivity index (χ3v) is 3.77. The zero-order valence-corrected chi connectivity index (χ0v) is 12.2. The van der Waals surface area contributed by atoms with Gasteiger partial charge in [-0.3, -0.25) is 4.68 Å². The molecule has 2 rings (SSSR count). The van der Waals surface area contributed by atoms with Crippen LogP contribution in [0.4, 0.5) is 5.82 Å². The normalized spacial score (nSPS) is 21.6. The van der Waals surface area contributed by atoms with E-state index in [9.17, 15) is 0 Å². The number of aryl methyl sites for hydroxylation is 2. The van der Waals surface area contributed by atoms with E-state index in [-0.39, 0.29) is 0 Å². The first-order valence-corrected chi connectivity index (χ1v) is 6.66. The van der Waals surface area contributed by atoms with E-state index in [1.165, 1.54) is 11.4 Å². The fraction of sp³-hybridized carbons (Fsp3) is 0.769. The van der Waals surface area contributed by atoms with E-state index in [4.69, 9.17) is 0 Å². The second-order valence-corrected chi connectivity index (χ2v) is 5.35. The van der Waals surface area contributed by atoms with Gasteiger partial charge < -0.3 is 15.1 Å². The van der Waals surface area contributed by atoms with Crippen molar-refractivity contribution in [3.05, 3.63) is 11.3 Å². The van der Waals surface area contributed by atoms with Gasteiger partial charge in [0.2, 0.25) is 0 Å². The zero-order valence-electron chi connectivity index (χ0n) is 12.2. The number of nitrogens with zero attached hydrogens (tertiary/aromatic N) is 4. The van der Waals surface area contributed by atoms with Gasteiger partial charge in [0.15, 0.2) is 0 Å². The van der Waals surface area contributed by atoms with Gasteiger partial charge in [-0.15, -0.1) is 0 Å². The first kappa shape index (κ1) is 13.4. The minimum atomic E-state index is 0.536. The summed E-state index contributed by atoms with van der Waals surface area (Å²) < 4.78 is 2.03. The maximum absolute atomic E-state index is 4.58. The molecular weight excluding hydrogens is 226 g/mol. The van der Waals surface area contributed by atoms with Crippen molar-refractivity contribution in [2.75, 3.05) is 38.6 Å². The van der Waals surface area contributed by atoms with Gasteiger partial charge in [0.1, 0.15) is 5.82 Å². The molecule has 0 aliphatic carbocycles. The molecule has 5 heteroatoms. The van der Waals surface area contributed by atoms with Crippen molar-refractivity contribution in [2.45, 2.75) is 26.4 Å². The Hall–Kier alpha value is -1.07. The molecule has 1 aliphatic rings. The molecule has 1 aromatic rings. The molecule has 0 radical (unpaired) electrons. The van der Waals surface area contributed by atoms with Crippen molar-refractivity contribution in [3.8, 4) is 0 Å². The molecule has 1 saturated heterocycles. The van der Waals surface area contributed by atoms with Gasteiger partial charge >= 0.3 is 0 Å². The van der Waals surface area contributed by atoms with Gasteiger partial charge in [-0.1, -0.05) is 0 Å². The third-order valence-electron chi connectivity index (χ3n) is 3.77. The van der Waals surface area contributed by atoms with E-state index in [0.717, 1.165) is 31.9 Å². The molecule has 0 bridgehead atoms. The standard InChI is InChI=1S/C13H25N5/c1-10-9-16(4)6-7-18(10)13-12(8-14-3)11(2)15-17(13)5/h10,14H,6-9H2,1-5H3. The highest BCUT2D eigenvalue weighted by atomic mass is 15.4. The molecule has 0 spiro atoms. The summed E-state index contributed by atoms with van der Waals surface area (Å²) in [5, 5.41) is 7.83. The molecule has 0 saturated carbocycles. The average molecular weight is 251 g/mol. The second kappa shape index (κ2) is 5.28. The summed E-state index contributed by atoms with van der Waals surface area (Å²) >= 11 is 0. The number of piperazine rings is 1. The number of nitrogens with one attached hydrogen (secondary N) is 1. The Labute approximate surface area is 110 Å². The molecule has 1 aliphatic heterocycles. The predicted molar refractivity (Wildman–Crippen MR) is 75.0 cm³/mol. The summed E-state index contributed by atoms with van der Waals surface area (Å²) in [5.41, 5.74) is 2.46. The lowest BCUT2D eigenvalue weighted by molar-refractivity contribution is 0.273. The number of rotatable bonds is 3. The zero-order chi connectivity index (χ0) is 13.3. The summed E-state index contributed by atoms with van der Waals surface area (Å²) in [4.78, 5) is 4.88. The molecule has 1 N–H and O–H groups in total. The summed E-state index contributed by atoms with van der Waals surface area (Å²) in [6.45, 7) is 8.58. The summed E-state index contributed by atoms with van der Waals surface area (Å²) in [7, 11) is 6.23. The first-order valence-electron chi connectivity index (χ1n) is 6.66. The topological polar surface area (TPSA) is 36.3 Å². The Bertz CT molecular complexity index is 412. The quantitative estimate of drug-likeness (QED) is 0.853. The van der Waals surface area contributed by atoms with Crippen LogP contribution in [-0.4, -0.2) is 54.5 Å². The van der Waals surface area contributed by atoms with Crippen LogP contribution in [0.25, 0.3) is 0 Å². The van der Waals surface area contributed by atoms with E-state index in [2.05, 4.69) is 41.1 Å². The lowest BCUT2D eigenvalue weighted by Crippen LogP contribution is -2.51. The molecule has 18 heavy (non-hydrogen) atoms. The van der Waals surface area contributed by atoms with Crippen LogP contribution in [0.5, 0.6) is 0 Å². The molecule has 1 fully saturated rings. The van der Waals surface area contributed by atoms with Crippen molar-refractivity contribution >= 4 is 5.82 Å². The SMILES string of the molecule is CNCc1c(C)nn(C)c1N1CCN(C)CC1C. The van der Waals surface area contributed by atoms with Crippen LogP contribution in [0, 0.1) is 6.92 Å². The molecule has 2 heterocycles. The monoisotopic (exact) mass is 251 g/mol.